The van der Waals surface area contributed by atoms with Crippen molar-refractivity contribution in [2.75, 3.05) is 11.9 Å². The molecule has 0 aromatic carbocycles. The molecule has 2 nitrogen and oxygen atoms in total. The molecule has 0 aliphatic heterocycles. The first-order chi connectivity index (χ1) is 9.29. The maximum Gasteiger partial charge on any atom is 0.222 e. The summed E-state index contributed by atoms with van der Waals surface area (Å²) in [5, 5.41) is 1.00. The van der Waals surface area contributed by atoms with Crippen molar-refractivity contribution in [1.82, 2.24) is 4.90 Å². The number of amides is 1. The fraction of sp³-hybridized carbons (Fsp3) is 0.938. The van der Waals surface area contributed by atoms with Gasteiger partial charge >= 0.3 is 0 Å². The predicted octanol–water partition coefficient (Wildman–Crippen LogP) is 4.90. The Bertz CT molecular complexity index is 241. The van der Waals surface area contributed by atoms with Crippen LogP contribution >= 0.6 is 15.9 Å². The number of nitrogens with zero attached hydrogens (tertiary/aromatic N) is 1. The quantitative estimate of drug-likeness (QED) is 0.389. The van der Waals surface area contributed by atoms with Gasteiger partial charge in [-0.1, -0.05) is 55.0 Å². The van der Waals surface area contributed by atoms with Crippen molar-refractivity contribution in [3.8, 4) is 0 Å². The molecular formula is C16H30BrNO. The minimum absolute atomic E-state index is 0.404. The standard InChI is InChI=1S/C16H30BrNO/c1-2-3-4-5-6-7-12-16(19)18(14-9-13-17)15-10-8-11-15/h15H,2-14H2,1H3. The monoisotopic (exact) mass is 331 g/mol. The lowest BCUT2D eigenvalue weighted by Crippen LogP contribution is -2.44. The molecule has 0 radical (unpaired) electrons. The molecule has 0 atom stereocenters. The number of rotatable bonds is 11. The van der Waals surface area contributed by atoms with Crippen LogP contribution in [0.5, 0.6) is 0 Å². The van der Waals surface area contributed by atoms with Crippen molar-refractivity contribution >= 4 is 21.8 Å². The topological polar surface area (TPSA) is 20.3 Å². The number of hydrogen-bond acceptors (Lipinski definition) is 1. The summed E-state index contributed by atoms with van der Waals surface area (Å²) in [6.07, 6.45) is 13.2. The SMILES string of the molecule is CCCCCCCCC(=O)N(CCCBr)C1CCC1. The van der Waals surface area contributed by atoms with Gasteiger partial charge in [-0.05, 0) is 32.1 Å². The highest BCUT2D eigenvalue weighted by Crippen LogP contribution is 2.26. The minimum atomic E-state index is 0.404. The van der Waals surface area contributed by atoms with E-state index < -0.39 is 0 Å². The molecule has 0 N–H and O–H groups in total. The van der Waals surface area contributed by atoms with Crippen LogP contribution in [0.2, 0.25) is 0 Å². The van der Waals surface area contributed by atoms with E-state index in [0.29, 0.717) is 11.9 Å². The van der Waals surface area contributed by atoms with Crippen molar-refractivity contribution in [1.29, 1.82) is 0 Å². The van der Waals surface area contributed by atoms with Crippen LogP contribution in [-0.4, -0.2) is 28.7 Å². The third-order valence-corrected chi connectivity index (χ3v) is 4.67. The first kappa shape index (κ1) is 17.0. The van der Waals surface area contributed by atoms with Gasteiger partial charge < -0.3 is 4.90 Å². The second-order valence-corrected chi connectivity index (χ2v) is 6.53. The normalized spacial score (nSPS) is 15.3. The van der Waals surface area contributed by atoms with E-state index in [0.717, 1.165) is 31.1 Å². The third kappa shape index (κ3) is 6.78. The van der Waals surface area contributed by atoms with Crippen LogP contribution in [0, 0.1) is 0 Å². The predicted molar refractivity (Wildman–Crippen MR) is 85.8 cm³/mol. The molecule has 1 aliphatic carbocycles. The number of carbonyl (C=O) groups is 1. The Morgan fingerprint density at radius 2 is 1.79 bits per heavy atom. The Kier molecular flexibility index (Phi) is 9.58. The van der Waals surface area contributed by atoms with Gasteiger partial charge in [-0.2, -0.15) is 0 Å². The number of hydrogen-bond donors (Lipinski definition) is 0. The maximum absolute atomic E-state index is 12.3. The summed E-state index contributed by atoms with van der Waals surface area (Å²) < 4.78 is 0. The highest BCUT2D eigenvalue weighted by Gasteiger charge is 2.27. The second kappa shape index (κ2) is 10.7. The Morgan fingerprint density at radius 3 is 2.37 bits per heavy atom. The largest absolute Gasteiger partial charge is 0.340 e. The molecule has 19 heavy (non-hydrogen) atoms. The molecule has 0 heterocycles. The van der Waals surface area contributed by atoms with Gasteiger partial charge in [0.1, 0.15) is 0 Å². The summed E-state index contributed by atoms with van der Waals surface area (Å²) in [4.78, 5) is 14.4. The van der Waals surface area contributed by atoms with E-state index >= 15 is 0 Å². The summed E-state index contributed by atoms with van der Waals surface area (Å²) in [5.74, 6) is 0.404. The minimum Gasteiger partial charge on any atom is -0.340 e. The lowest BCUT2D eigenvalue weighted by Gasteiger charge is -2.37. The van der Waals surface area contributed by atoms with Crippen LogP contribution in [0.4, 0.5) is 0 Å². The lowest BCUT2D eigenvalue weighted by molar-refractivity contribution is -0.135. The van der Waals surface area contributed by atoms with E-state index in [9.17, 15) is 4.79 Å². The van der Waals surface area contributed by atoms with Gasteiger partial charge in [0.2, 0.25) is 5.91 Å². The third-order valence-electron chi connectivity index (χ3n) is 4.11. The first-order valence-electron chi connectivity index (χ1n) is 8.15. The first-order valence-corrected chi connectivity index (χ1v) is 9.27. The molecule has 112 valence electrons. The average molecular weight is 332 g/mol. The fourth-order valence-corrected chi connectivity index (χ4v) is 2.89. The van der Waals surface area contributed by atoms with Crippen molar-refractivity contribution in [3.63, 3.8) is 0 Å². The van der Waals surface area contributed by atoms with Crippen molar-refractivity contribution in [3.05, 3.63) is 0 Å². The number of carbonyl (C=O) groups excluding carboxylic acids is 1. The van der Waals surface area contributed by atoms with Gasteiger partial charge in [-0.25, -0.2) is 0 Å². The smallest absolute Gasteiger partial charge is 0.222 e. The zero-order chi connectivity index (χ0) is 13.9. The summed E-state index contributed by atoms with van der Waals surface area (Å²) in [5.41, 5.74) is 0. The summed E-state index contributed by atoms with van der Waals surface area (Å²) in [6.45, 7) is 3.19. The molecular weight excluding hydrogens is 302 g/mol. The Hall–Kier alpha value is -0.0500. The number of alkyl halides is 1. The van der Waals surface area contributed by atoms with Gasteiger partial charge in [0, 0.05) is 24.3 Å². The summed E-state index contributed by atoms with van der Waals surface area (Å²) in [7, 11) is 0. The van der Waals surface area contributed by atoms with Gasteiger partial charge in [0.25, 0.3) is 0 Å². The van der Waals surface area contributed by atoms with E-state index in [1.807, 2.05) is 0 Å². The summed E-state index contributed by atoms with van der Waals surface area (Å²) in [6, 6.07) is 0.562. The zero-order valence-corrected chi connectivity index (χ0v) is 14.1. The molecule has 1 fully saturated rings. The number of halogens is 1. The molecule has 0 saturated heterocycles. The molecule has 1 aliphatic rings. The Balaban J connectivity index is 2.15. The van der Waals surface area contributed by atoms with Crippen LogP contribution in [-0.2, 0) is 4.79 Å². The molecule has 0 bridgehead atoms. The molecule has 0 aromatic rings. The van der Waals surface area contributed by atoms with Crippen LogP contribution in [0.25, 0.3) is 0 Å². The molecule has 0 aromatic heterocycles. The van der Waals surface area contributed by atoms with E-state index in [1.165, 1.54) is 51.4 Å². The highest BCUT2D eigenvalue weighted by molar-refractivity contribution is 9.09. The molecule has 1 amide bonds. The lowest BCUT2D eigenvalue weighted by atomic mass is 9.91. The van der Waals surface area contributed by atoms with Crippen molar-refractivity contribution < 1.29 is 4.79 Å². The fourth-order valence-electron chi connectivity index (χ4n) is 2.64. The highest BCUT2D eigenvalue weighted by atomic mass is 79.9. The Morgan fingerprint density at radius 1 is 1.11 bits per heavy atom. The zero-order valence-electron chi connectivity index (χ0n) is 12.5. The van der Waals surface area contributed by atoms with Crippen LogP contribution in [0.15, 0.2) is 0 Å². The molecule has 0 spiro atoms. The molecule has 0 unspecified atom stereocenters. The van der Waals surface area contributed by atoms with Gasteiger partial charge in [0.15, 0.2) is 0 Å². The van der Waals surface area contributed by atoms with E-state index in [-0.39, 0.29) is 0 Å². The maximum atomic E-state index is 12.3. The second-order valence-electron chi connectivity index (χ2n) is 5.73. The van der Waals surface area contributed by atoms with Crippen LogP contribution < -0.4 is 0 Å². The van der Waals surface area contributed by atoms with Crippen LogP contribution in [0.3, 0.4) is 0 Å². The van der Waals surface area contributed by atoms with Gasteiger partial charge in [-0.3, -0.25) is 4.79 Å². The van der Waals surface area contributed by atoms with E-state index in [4.69, 9.17) is 0 Å². The molecule has 3 heteroatoms. The molecule has 1 saturated carbocycles. The Labute approximate surface area is 127 Å². The average Bonchev–Trinajstić information content (AvgIpc) is 2.36. The van der Waals surface area contributed by atoms with Crippen molar-refractivity contribution in [2.24, 2.45) is 0 Å². The number of unbranched alkanes of at least 4 members (excludes halogenated alkanes) is 5. The van der Waals surface area contributed by atoms with Crippen molar-refractivity contribution in [2.45, 2.75) is 83.6 Å². The van der Waals surface area contributed by atoms with E-state index in [2.05, 4.69) is 27.8 Å². The summed E-state index contributed by atoms with van der Waals surface area (Å²) >= 11 is 3.47. The van der Waals surface area contributed by atoms with Crippen LogP contribution in [0.1, 0.15) is 77.6 Å². The van der Waals surface area contributed by atoms with E-state index in [1.54, 1.807) is 0 Å². The van der Waals surface area contributed by atoms with Gasteiger partial charge in [0.05, 0.1) is 0 Å². The molecule has 1 rings (SSSR count). The van der Waals surface area contributed by atoms with Gasteiger partial charge in [-0.15, -0.1) is 0 Å².